The summed E-state index contributed by atoms with van der Waals surface area (Å²) < 4.78 is 0. The maximum Gasteiger partial charge on any atom is 0.216 e. The fraction of sp³-hybridized carbons (Fsp3) is 0.692. The second-order valence-corrected chi connectivity index (χ2v) is 7.70. The summed E-state index contributed by atoms with van der Waals surface area (Å²) in [6.45, 7) is 4.37. The lowest BCUT2D eigenvalue weighted by molar-refractivity contribution is 0.930. The average Bonchev–Trinajstić information content (AvgIpc) is 2.13. The SMILES string of the molecule is CCCC#C[Si]1(C#CCCC)CCC1. The van der Waals surface area contributed by atoms with Gasteiger partial charge in [-0.3, -0.25) is 0 Å². The smallest absolute Gasteiger partial charge is 0.115 e. The van der Waals surface area contributed by atoms with Crippen LogP contribution in [0.3, 0.4) is 0 Å². The fourth-order valence-corrected chi connectivity index (χ4v) is 4.07. The van der Waals surface area contributed by atoms with Gasteiger partial charge in [0.1, 0.15) is 0 Å². The van der Waals surface area contributed by atoms with Crippen LogP contribution in [0.25, 0.3) is 0 Å². The quantitative estimate of drug-likeness (QED) is 0.477. The van der Waals surface area contributed by atoms with Crippen LogP contribution in [0, 0.1) is 22.9 Å². The van der Waals surface area contributed by atoms with E-state index in [-0.39, 0.29) is 0 Å². The van der Waals surface area contributed by atoms with Crippen molar-refractivity contribution in [3.05, 3.63) is 0 Å². The van der Waals surface area contributed by atoms with Crippen molar-refractivity contribution in [3.8, 4) is 22.9 Å². The van der Waals surface area contributed by atoms with Crippen LogP contribution < -0.4 is 0 Å². The number of hydrogen-bond acceptors (Lipinski definition) is 0. The van der Waals surface area contributed by atoms with Gasteiger partial charge in [0.2, 0.25) is 8.07 Å². The first-order chi connectivity index (χ1) is 6.83. The van der Waals surface area contributed by atoms with E-state index in [0.29, 0.717) is 0 Å². The lowest BCUT2D eigenvalue weighted by Crippen LogP contribution is -2.39. The molecule has 0 radical (unpaired) electrons. The van der Waals surface area contributed by atoms with Crippen LogP contribution in [0.5, 0.6) is 0 Å². The zero-order valence-corrected chi connectivity index (χ0v) is 10.4. The second kappa shape index (κ2) is 5.94. The molecule has 0 atom stereocenters. The van der Waals surface area contributed by atoms with Crippen molar-refractivity contribution < 1.29 is 0 Å². The van der Waals surface area contributed by atoms with Crippen LogP contribution in [0.4, 0.5) is 0 Å². The van der Waals surface area contributed by atoms with Gasteiger partial charge < -0.3 is 0 Å². The Bertz CT molecular complexity index is 252. The van der Waals surface area contributed by atoms with E-state index >= 15 is 0 Å². The molecule has 0 aromatic rings. The maximum absolute atomic E-state index is 3.51. The molecule has 0 amide bonds. The summed E-state index contributed by atoms with van der Waals surface area (Å²) in [7, 11) is -1.34. The van der Waals surface area contributed by atoms with Crippen molar-refractivity contribution in [2.75, 3.05) is 0 Å². The van der Waals surface area contributed by atoms with Gasteiger partial charge in [-0.15, -0.1) is 22.9 Å². The van der Waals surface area contributed by atoms with Crippen molar-refractivity contribution in [1.82, 2.24) is 0 Å². The summed E-state index contributed by atoms with van der Waals surface area (Å²) in [5.74, 6) is 6.63. The lowest BCUT2D eigenvalue weighted by atomic mass is 10.4. The van der Waals surface area contributed by atoms with E-state index < -0.39 is 8.07 Å². The molecule has 0 nitrogen and oxygen atoms in total. The predicted molar refractivity (Wildman–Crippen MR) is 65.4 cm³/mol. The third-order valence-corrected chi connectivity index (χ3v) is 6.34. The van der Waals surface area contributed by atoms with E-state index in [9.17, 15) is 0 Å². The van der Waals surface area contributed by atoms with Gasteiger partial charge in [0.25, 0.3) is 0 Å². The fourth-order valence-electron chi connectivity index (χ4n) is 1.52. The van der Waals surface area contributed by atoms with Crippen molar-refractivity contribution >= 4 is 8.07 Å². The molecular formula is C13H20Si. The predicted octanol–water partition coefficient (Wildman–Crippen LogP) is 3.52. The molecule has 1 saturated heterocycles. The van der Waals surface area contributed by atoms with Crippen molar-refractivity contribution in [2.45, 2.75) is 58.0 Å². The molecule has 0 saturated carbocycles. The summed E-state index contributed by atoms with van der Waals surface area (Å²) in [4.78, 5) is 0. The van der Waals surface area contributed by atoms with Gasteiger partial charge in [0, 0.05) is 12.8 Å². The van der Waals surface area contributed by atoms with E-state index in [1.807, 2.05) is 0 Å². The summed E-state index contributed by atoms with van der Waals surface area (Å²) >= 11 is 0. The van der Waals surface area contributed by atoms with Crippen molar-refractivity contribution in [1.29, 1.82) is 0 Å². The molecule has 76 valence electrons. The molecular weight excluding hydrogens is 184 g/mol. The normalized spacial score (nSPS) is 17.0. The molecule has 0 N–H and O–H groups in total. The third kappa shape index (κ3) is 3.24. The Morgan fingerprint density at radius 1 is 0.929 bits per heavy atom. The number of unbranched alkanes of at least 4 members (excludes halogenated alkanes) is 2. The van der Waals surface area contributed by atoms with Crippen LogP contribution in [-0.4, -0.2) is 8.07 Å². The van der Waals surface area contributed by atoms with Gasteiger partial charge in [-0.05, 0) is 24.9 Å². The average molecular weight is 204 g/mol. The lowest BCUT2D eigenvalue weighted by Gasteiger charge is -2.28. The molecule has 1 aliphatic heterocycles. The molecule has 1 fully saturated rings. The van der Waals surface area contributed by atoms with E-state index in [2.05, 4.69) is 36.8 Å². The molecule has 0 aliphatic carbocycles. The van der Waals surface area contributed by atoms with Crippen LogP contribution >= 0.6 is 0 Å². The molecule has 0 bridgehead atoms. The maximum atomic E-state index is 3.51. The van der Waals surface area contributed by atoms with E-state index in [1.54, 1.807) is 0 Å². The van der Waals surface area contributed by atoms with Crippen LogP contribution in [0.15, 0.2) is 0 Å². The van der Waals surface area contributed by atoms with Gasteiger partial charge >= 0.3 is 0 Å². The Labute approximate surface area is 89.5 Å². The van der Waals surface area contributed by atoms with Gasteiger partial charge in [-0.25, -0.2) is 0 Å². The topological polar surface area (TPSA) is 0 Å². The summed E-state index contributed by atoms with van der Waals surface area (Å²) in [5, 5.41) is 0. The minimum absolute atomic E-state index is 1.06. The molecule has 1 heterocycles. The highest BCUT2D eigenvalue weighted by Gasteiger charge is 2.36. The van der Waals surface area contributed by atoms with Gasteiger partial charge in [0.05, 0.1) is 0 Å². The zero-order valence-electron chi connectivity index (χ0n) is 9.45. The molecule has 0 aromatic carbocycles. The summed E-state index contributed by atoms with van der Waals surface area (Å²) in [6, 6.07) is 2.67. The molecule has 1 rings (SSSR count). The van der Waals surface area contributed by atoms with Crippen molar-refractivity contribution in [3.63, 3.8) is 0 Å². The molecule has 14 heavy (non-hydrogen) atoms. The van der Waals surface area contributed by atoms with E-state index in [0.717, 1.165) is 12.8 Å². The Hall–Kier alpha value is -0.663. The van der Waals surface area contributed by atoms with Crippen LogP contribution in [0.2, 0.25) is 12.1 Å². The second-order valence-electron chi connectivity index (χ2n) is 4.04. The number of hydrogen-bond donors (Lipinski definition) is 0. The largest absolute Gasteiger partial charge is 0.216 e. The van der Waals surface area contributed by atoms with Gasteiger partial charge in [0.15, 0.2) is 0 Å². The molecule has 0 aromatic heterocycles. The Morgan fingerprint density at radius 2 is 1.43 bits per heavy atom. The molecule has 1 aliphatic rings. The Kier molecular flexibility index (Phi) is 4.84. The monoisotopic (exact) mass is 204 g/mol. The van der Waals surface area contributed by atoms with Gasteiger partial charge in [-0.1, -0.05) is 20.3 Å². The third-order valence-electron chi connectivity index (χ3n) is 2.61. The highest BCUT2D eigenvalue weighted by molar-refractivity contribution is 6.96. The van der Waals surface area contributed by atoms with Crippen molar-refractivity contribution in [2.24, 2.45) is 0 Å². The van der Waals surface area contributed by atoms with E-state index in [4.69, 9.17) is 0 Å². The Balaban J connectivity index is 2.52. The first-order valence-electron chi connectivity index (χ1n) is 5.83. The highest BCUT2D eigenvalue weighted by Crippen LogP contribution is 2.30. The summed E-state index contributed by atoms with van der Waals surface area (Å²) in [6.07, 6.45) is 5.85. The molecule has 1 heteroatoms. The first-order valence-corrected chi connectivity index (χ1v) is 8.24. The Morgan fingerprint density at radius 3 is 1.71 bits per heavy atom. The zero-order chi connectivity index (χ0) is 10.3. The minimum atomic E-state index is -1.34. The molecule has 0 unspecified atom stereocenters. The number of rotatable bonds is 2. The van der Waals surface area contributed by atoms with Crippen LogP contribution in [-0.2, 0) is 0 Å². The summed E-state index contributed by atoms with van der Waals surface area (Å²) in [5.41, 5.74) is 7.02. The van der Waals surface area contributed by atoms with E-state index in [1.165, 1.54) is 31.4 Å². The van der Waals surface area contributed by atoms with Crippen LogP contribution in [0.1, 0.15) is 46.0 Å². The molecule has 0 spiro atoms. The first kappa shape index (κ1) is 11.4. The minimum Gasteiger partial charge on any atom is -0.115 e. The van der Waals surface area contributed by atoms with Gasteiger partial charge in [-0.2, -0.15) is 0 Å². The standard InChI is InChI=1S/C13H20Si/c1-3-5-7-10-14(12-9-13-14)11-8-6-4-2/h3-6,9,12-13H2,1-2H3. The highest BCUT2D eigenvalue weighted by atomic mass is 28.3.